The van der Waals surface area contributed by atoms with Crippen molar-refractivity contribution in [1.82, 2.24) is 4.48 Å². The molecule has 0 amide bonds. The van der Waals surface area contributed by atoms with Crippen LogP contribution in [0.3, 0.4) is 0 Å². The summed E-state index contributed by atoms with van der Waals surface area (Å²) in [5, 5.41) is 3.94. The zero-order valence-corrected chi connectivity index (χ0v) is 40.7. The van der Waals surface area contributed by atoms with Gasteiger partial charge in [-0.3, -0.25) is 4.90 Å². The maximum Gasteiger partial charge on any atom is 0.337 e. The normalized spacial score (nSPS) is 19.6. The van der Waals surface area contributed by atoms with Crippen LogP contribution in [-0.2, 0) is 27.1 Å². The van der Waals surface area contributed by atoms with Gasteiger partial charge >= 0.3 is 6.85 Å². The minimum atomic E-state index is -0.271. The second-order valence-corrected chi connectivity index (χ2v) is 24.9. The molecular formula is C60H57BN2OS. The van der Waals surface area contributed by atoms with Gasteiger partial charge in [-0.15, -0.1) is 11.3 Å². The van der Waals surface area contributed by atoms with Gasteiger partial charge < -0.3 is 8.90 Å². The lowest BCUT2D eigenvalue weighted by atomic mass is 9.44. The SMILES string of the molecule is Cc1cc2c(cc1N1c3oc4cc5c(cc4c3B3c4c(cc6c(c41)C(C)(C)c1ccccc1-6)-c1cccc4c6sc7ccccc7c6n3c14)C(C)(C)CCC5(C)C)C(C)(C)CCC2(C)C. The summed E-state index contributed by atoms with van der Waals surface area (Å²) in [7, 11) is 0. The smallest absolute Gasteiger partial charge is 0.337 e. The highest BCUT2D eigenvalue weighted by atomic mass is 32.1. The van der Waals surface area contributed by atoms with Crippen LogP contribution in [0.15, 0.2) is 101 Å². The van der Waals surface area contributed by atoms with Crippen molar-refractivity contribution in [2.24, 2.45) is 0 Å². The lowest BCUT2D eigenvalue weighted by molar-refractivity contribution is 0.332. The Labute approximate surface area is 387 Å². The summed E-state index contributed by atoms with van der Waals surface area (Å²) in [4.78, 5) is 2.66. The van der Waals surface area contributed by atoms with E-state index in [-0.39, 0.29) is 33.9 Å². The van der Waals surface area contributed by atoms with E-state index in [0.717, 1.165) is 30.7 Å². The van der Waals surface area contributed by atoms with Crippen LogP contribution in [0.1, 0.15) is 134 Å². The summed E-state index contributed by atoms with van der Waals surface area (Å²) in [6, 6.07) is 38.3. The molecular weight excluding hydrogens is 808 g/mol. The molecule has 0 spiro atoms. The zero-order chi connectivity index (χ0) is 44.6. The second-order valence-electron chi connectivity index (χ2n) is 23.8. The number of benzene rings is 6. The van der Waals surface area contributed by atoms with Gasteiger partial charge in [-0.1, -0.05) is 136 Å². The highest BCUT2D eigenvalue weighted by Crippen LogP contribution is 2.60. The van der Waals surface area contributed by atoms with Gasteiger partial charge in [0.05, 0.1) is 21.6 Å². The fraction of sp³-hybridized carbons (Fsp3) is 0.333. The second kappa shape index (κ2) is 11.9. The molecule has 0 N–H and O–H groups in total. The molecule has 2 aliphatic heterocycles. The third-order valence-electron chi connectivity index (χ3n) is 17.8. The molecule has 0 saturated carbocycles. The number of fused-ring (bicyclic) bond motifs is 17. The third kappa shape index (κ3) is 4.64. The average molecular weight is 865 g/mol. The van der Waals surface area contributed by atoms with E-state index in [0.29, 0.717) is 0 Å². The molecule has 3 aromatic heterocycles. The van der Waals surface area contributed by atoms with Crippen LogP contribution in [0.25, 0.3) is 64.4 Å². The molecule has 3 aliphatic carbocycles. The molecule has 6 aromatic carbocycles. The Balaban J connectivity index is 1.21. The molecule has 5 aliphatic rings. The molecule has 0 unspecified atom stereocenters. The van der Waals surface area contributed by atoms with Gasteiger partial charge in [-0.05, 0) is 146 Å². The monoisotopic (exact) mass is 864 g/mol. The van der Waals surface area contributed by atoms with Crippen molar-refractivity contribution in [3.8, 4) is 22.3 Å². The Bertz CT molecular complexity index is 3680. The maximum absolute atomic E-state index is 7.79. The topological polar surface area (TPSA) is 21.3 Å². The number of thiophene rings is 1. The van der Waals surface area contributed by atoms with E-state index < -0.39 is 0 Å². The minimum absolute atomic E-state index is 0.0351. The number of aromatic nitrogens is 1. The highest BCUT2D eigenvalue weighted by Gasteiger charge is 2.52. The number of aryl methyl sites for hydroxylation is 1. The summed E-state index contributed by atoms with van der Waals surface area (Å²) in [6.07, 6.45) is 4.67. The van der Waals surface area contributed by atoms with Crippen molar-refractivity contribution < 1.29 is 4.42 Å². The van der Waals surface area contributed by atoms with Crippen LogP contribution in [0, 0.1) is 6.92 Å². The highest BCUT2D eigenvalue weighted by molar-refractivity contribution is 7.27. The van der Waals surface area contributed by atoms with Gasteiger partial charge in [-0.2, -0.15) is 0 Å². The Kier molecular flexibility index (Phi) is 7.08. The van der Waals surface area contributed by atoms with Crippen LogP contribution in [0.4, 0.5) is 17.3 Å². The van der Waals surface area contributed by atoms with E-state index in [9.17, 15) is 0 Å². The minimum Gasteiger partial charge on any atom is -0.440 e. The van der Waals surface area contributed by atoms with Gasteiger partial charge in [0.25, 0.3) is 0 Å². The summed E-state index contributed by atoms with van der Waals surface area (Å²) in [5.41, 5.74) is 24.2. The summed E-state index contributed by atoms with van der Waals surface area (Å²) < 4.78 is 13.3. The lowest BCUT2D eigenvalue weighted by Gasteiger charge is -2.44. The van der Waals surface area contributed by atoms with E-state index in [1.165, 1.54) is 127 Å². The molecule has 0 saturated heterocycles. The first-order chi connectivity index (χ1) is 30.9. The van der Waals surface area contributed by atoms with E-state index >= 15 is 0 Å². The van der Waals surface area contributed by atoms with Crippen LogP contribution in [-0.4, -0.2) is 11.3 Å². The summed E-state index contributed by atoms with van der Waals surface area (Å²) >= 11 is 1.95. The predicted octanol–water partition coefficient (Wildman–Crippen LogP) is 15.5. The number of hydrogen-bond acceptors (Lipinski definition) is 3. The largest absolute Gasteiger partial charge is 0.440 e. The van der Waals surface area contributed by atoms with Crippen LogP contribution in [0.5, 0.6) is 0 Å². The molecule has 9 aromatic rings. The van der Waals surface area contributed by atoms with Crippen molar-refractivity contribution in [3.05, 3.63) is 136 Å². The predicted molar refractivity (Wildman–Crippen MR) is 278 cm³/mol. The fourth-order valence-corrected chi connectivity index (χ4v) is 15.2. The molecule has 322 valence electrons. The van der Waals surface area contributed by atoms with Gasteiger partial charge in [0, 0.05) is 42.8 Å². The first kappa shape index (κ1) is 38.7. The Hall–Kier alpha value is -5.52. The van der Waals surface area contributed by atoms with Crippen molar-refractivity contribution in [2.45, 2.75) is 129 Å². The van der Waals surface area contributed by atoms with E-state index in [1.54, 1.807) is 0 Å². The molecule has 0 radical (unpaired) electrons. The molecule has 0 bridgehead atoms. The van der Waals surface area contributed by atoms with Crippen molar-refractivity contribution in [2.75, 3.05) is 4.90 Å². The Morgan fingerprint density at radius 1 is 0.538 bits per heavy atom. The third-order valence-corrected chi connectivity index (χ3v) is 19.0. The molecule has 14 rings (SSSR count). The summed E-state index contributed by atoms with van der Waals surface area (Å²) in [6.45, 7) is 26.9. The van der Waals surface area contributed by atoms with E-state index in [1.807, 2.05) is 11.3 Å². The summed E-state index contributed by atoms with van der Waals surface area (Å²) in [5.74, 6) is 0.978. The van der Waals surface area contributed by atoms with Crippen molar-refractivity contribution in [1.29, 1.82) is 0 Å². The van der Waals surface area contributed by atoms with Gasteiger partial charge in [0.15, 0.2) is 0 Å². The molecule has 5 heteroatoms. The molecule has 5 heterocycles. The van der Waals surface area contributed by atoms with Crippen molar-refractivity contribution in [3.63, 3.8) is 0 Å². The average Bonchev–Trinajstić information content (AvgIpc) is 3.99. The number of para-hydroxylation sites is 1. The zero-order valence-electron chi connectivity index (χ0n) is 39.9. The lowest BCUT2D eigenvalue weighted by Crippen LogP contribution is -2.57. The number of rotatable bonds is 1. The first-order valence-corrected chi connectivity index (χ1v) is 25.0. The number of nitrogens with zero attached hydrogens (tertiary/aromatic N) is 2. The number of anilines is 3. The maximum atomic E-state index is 7.79. The van der Waals surface area contributed by atoms with Crippen molar-refractivity contribution >= 4 is 88.5 Å². The van der Waals surface area contributed by atoms with E-state index in [2.05, 4.69) is 183 Å². The van der Waals surface area contributed by atoms with Gasteiger partial charge in [-0.25, -0.2) is 0 Å². The fourth-order valence-electron chi connectivity index (χ4n) is 14.0. The van der Waals surface area contributed by atoms with E-state index in [4.69, 9.17) is 4.42 Å². The Morgan fingerprint density at radius 2 is 1.15 bits per heavy atom. The molecule has 65 heavy (non-hydrogen) atoms. The molecule has 0 atom stereocenters. The molecule has 3 nitrogen and oxygen atoms in total. The number of hydrogen-bond donors (Lipinski definition) is 0. The standard InChI is InChI=1S/C60H57BN2OS/c1-32-27-41-43(58(6,7)25-23-56(41,2)3)30-45(32)62-53-48-37(33-17-12-14-21-40(33)60(48,10)11)28-38-34-19-16-20-36-51(34)63(52-35-18-13-15-22-47(35)65-54(36)52)61(49(38)53)50-39-29-42-44(31-46(39)64-55(50)62)59(8,9)26-24-57(42,4)5/h12-22,27-31H,23-26H2,1-11H3. The van der Waals surface area contributed by atoms with Gasteiger partial charge in [0.1, 0.15) is 5.58 Å². The van der Waals surface area contributed by atoms with Crippen LogP contribution < -0.4 is 15.8 Å². The number of furan rings is 1. The van der Waals surface area contributed by atoms with Gasteiger partial charge in [0.2, 0.25) is 5.88 Å². The Morgan fingerprint density at radius 3 is 1.89 bits per heavy atom. The van der Waals surface area contributed by atoms with Crippen LogP contribution in [0.2, 0.25) is 0 Å². The van der Waals surface area contributed by atoms with Crippen LogP contribution >= 0.6 is 11.3 Å². The molecule has 0 fully saturated rings. The first-order valence-electron chi connectivity index (χ1n) is 24.2. The quantitative estimate of drug-likeness (QED) is 0.153.